The number of esters is 1. The van der Waals surface area contributed by atoms with Crippen LogP contribution in [0.3, 0.4) is 0 Å². The van der Waals surface area contributed by atoms with Crippen LogP contribution in [0.15, 0.2) is 4.99 Å². The molecule has 0 aromatic carbocycles. The van der Waals surface area contributed by atoms with Crippen LogP contribution in [0.25, 0.3) is 0 Å². The number of aliphatic imine (C=N–C) groups is 1. The van der Waals surface area contributed by atoms with Crippen molar-refractivity contribution in [2.75, 3.05) is 13.7 Å². The molecule has 0 bridgehead atoms. The van der Waals surface area contributed by atoms with Gasteiger partial charge < -0.3 is 4.74 Å². The highest BCUT2D eigenvalue weighted by atomic mass is 16.5. The van der Waals surface area contributed by atoms with Crippen LogP contribution in [-0.2, 0) is 9.53 Å². The summed E-state index contributed by atoms with van der Waals surface area (Å²) >= 11 is 0. The number of nitrogens with zero attached hydrogens (tertiary/aromatic N) is 1. The van der Waals surface area contributed by atoms with Crippen molar-refractivity contribution in [1.82, 2.24) is 0 Å². The van der Waals surface area contributed by atoms with Crippen molar-refractivity contribution in [3.8, 4) is 0 Å². The van der Waals surface area contributed by atoms with Crippen LogP contribution < -0.4 is 0 Å². The molecule has 0 saturated heterocycles. The van der Waals surface area contributed by atoms with Crippen molar-refractivity contribution in [1.29, 1.82) is 0 Å². The molecule has 0 atom stereocenters. The minimum Gasteiger partial charge on any atom is -0.460 e. The number of ether oxygens (including phenoxy) is 1. The normalized spacial score (nSPS) is 10.0. The fraction of sp³-hybridized carbons (Fsp3) is 0.667. The Bertz CT molecular complexity index is 110. The largest absolute Gasteiger partial charge is 0.460 e. The van der Waals surface area contributed by atoms with Gasteiger partial charge in [0.25, 0.3) is 0 Å². The van der Waals surface area contributed by atoms with Crippen molar-refractivity contribution >= 4 is 12.2 Å². The molecule has 0 radical (unpaired) electrons. The minimum absolute atomic E-state index is 0.185. The third-order valence-corrected chi connectivity index (χ3v) is 0.790. The first-order chi connectivity index (χ1) is 4.31. The SMILES string of the molecule is CCC(=O)OCC=NC. The van der Waals surface area contributed by atoms with Gasteiger partial charge in [-0.2, -0.15) is 0 Å². The summed E-state index contributed by atoms with van der Waals surface area (Å²) in [6.07, 6.45) is 1.98. The Morgan fingerprint density at radius 1 is 1.78 bits per heavy atom. The van der Waals surface area contributed by atoms with E-state index in [-0.39, 0.29) is 5.97 Å². The number of hydrogen-bond acceptors (Lipinski definition) is 3. The van der Waals surface area contributed by atoms with Gasteiger partial charge in [-0.25, -0.2) is 0 Å². The predicted molar refractivity (Wildman–Crippen MR) is 35.7 cm³/mol. The zero-order valence-corrected chi connectivity index (χ0v) is 5.76. The lowest BCUT2D eigenvalue weighted by Crippen LogP contribution is -2.04. The Morgan fingerprint density at radius 3 is 2.89 bits per heavy atom. The summed E-state index contributed by atoms with van der Waals surface area (Å²) in [5.41, 5.74) is 0. The second-order valence-corrected chi connectivity index (χ2v) is 1.48. The van der Waals surface area contributed by atoms with Gasteiger partial charge in [-0.05, 0) is 0 Å². The Morgan fingerprint density at radius 2 is 2.44 bits per heavy atom. The van der Waals surface area contributed by atoms with Gasteiger partial charge in [0.15, 0.2) is 0 Å². The van der Waals surface area contributed by atoms with E-state index in [2.05, 4.69) is 9.73 Å². The molecule has 0 spiro atoms. The second kappa shape index (κ2) is 5.28. The fourth-order valence-corrected chi connectivity index (χ4v) is 0.307. The molecule has 0 aliphatic rings. The van der Waals surface area contributed by atoms with Crippen LogP contribution in [-0.4, -0.2) is 25.8 Å². The number of rotatable bonds is 3. The summed E-state index contributed by atoms with van der Waals surface area (Å²) in [5.74, 6) is -0.185. The van der Waals surface area contributed by atoms with Crippen LogP contribution in [0.4, 0.5) is 0 Å². The predicted octanol–water partition coefficient (Wildman–Crippen LogP) is 0.640. The smallest absolute Gasteiger partial charge is 0.305 e. The summed E-state index contributed by atoms with van der Waals surface area (Å²) in [6.45, 7) is 2.05. The average Bonchev–Trinajstić information content (AvgIpc) is 1.89. The molecular weight excluding hydrogens is 118 g/mol. The van der Waals surface area contributed by atoms with E-state index in [9.17, 15) is 4.79 Å². The average molecular weight is 129 g/mol. The molecule has 0 N–H and O–H groups in total. The van der Waals surface area contributed by atoms with E-state index in [4.69, 9.17) is 0 Å². The van der Waals surface area contributed by atoms with Crippen LogP contribution in [0.5, 0.6) is 0 Å². The summed E-state index contributed by atoms with van der Waals surface area (Å²) in [4.78, 5) is 14.0. The van der Waals surface area contributed by atoms with Gasteiger partial charge in [0.2, 0.25) is 0 Å². The van der Waals surface area contributed by atoms with Gasteiger partial charge in [0, 0.05) is 19.7 Å². The van der Waals surface area contributed by atoms with Crippen molar-refractivity contribution in [3.63, 3.8) is 0 Å². The number of carbonyl (C=O) groups excluding carboxylic acids is 1. The van der Waals surface area contributed by atoms with Crippen molar-refractivity contribution in [2.24, 2.45) is 4.99 Å². The van der Waals surface area contributed by atoms with E-state index in [1.165, 1.54) is 0 Å². The lowest BCUT2D eigenvalue weighted by atomic mass is 10.5. The molecule has 0 aliphatic heterocycles. The summed E-state index contributed by atoms with van der Waals surface area (Å²) in [7, 11) is 1.64. The molecule has 3 heteroatoms. The molecule has 0 unspecified atom stereocenters. The van der Waals surface area contributed by atoms with Gasteiger partial charge in [0.1, 0.15) is 6.61 Å². The third-order valence-electron chi connectivity index (χ3n) is 0.790. The first kappa shape index (κ1) is 8.14. The first-order valence-electron chi connectivity index (χ1n) is 2.87. The van der Waals surface area contributed by atoms with E-state index in [0.717, 1.165) is 0 Å². The summed E-state index contributed by atoms with van der Waals surface area (Å²) in [5, 5.41) is 0. The van der Waals surface area contributed by atoms with E-state index < -0.39 is 0 Å². The first-order valence-corrected chi connectivity index (χ1v) is 2.87. The zero-order valence-electron chi connectivity index (χ0n) is 5.76. The molecule has 52 valence electrons. The van der Waals surface area contributed by atoms with Gasteiger partial charge in [-0.15, -0.1) is 0 Å². The van der Waals surface area contributed by atoms with Gasteiger partial charge in [0.05, 0.1) is 0 Å². The number of carbonyl (C=O) groups is 1. The molecule has 0 heterocycles. The van der Waals surface area contributed by atoms with E-state index in [0.29, 0.717) is 13.0 Å². The molecule has 0 aromatic heterocycles. The fourth-order valence-electron chi connectivity index (χ4n) is 0.307. The molecule has 3 nitrogen and oxygen atoms in total. The molecule has 0 amide bonds. The molecular formula is C6H11NO2. The summed E-state index contributed by atoms with van der Waals surface area (Å²) < 4.78 is 4.64. The maximum Gasteiger partial charge on any atom is 0.305 e. The lowest BCUT2D eigenvalue weighted by Gasteiger charge is -1.95. The van der Waals surface area contributed by atoms with E-state index >= 15 is 0 Å². The van der Waals surface area contributed by atoms with Gasteiger partial charge in [-0.3, -0.25) is 9.79 Å². The summed E-state index contributed by atoms with van der Waals surface area (Å²) in [6, 6.07) is 0. The van der Waals surface area contributed by atoms with Gasteiger partial charge in [-0.1, -0.05) is 6.92 Å². The molecule has 9 heavy (non-hydrogen) atoms. The Labute approximate surface area is 54.7 Å². The Balaban J connectivity index is 3.17. The molecule has 0 rings (SSSR count). The van der Waals surface area contributed by atoms with Crippen LogP contribution >= 0.6 is 0 Å². The van der Waals surface area contributed by atoms with Crippen LogP contribution in [0, 0.1) is 0 Å². The topological polar surface area (TPSA) is 38.7 Å². The quantitative estimate of drug-likeness (QED) is 0.414. The van der Waals surface area contributed by atoms with Crippen LogP contribution in [0.2, 0.25) is 0 Å². The van der Waals surface area contributed by atoms with Gasteiger partial charge >= 0.3 is 5.97 Å². The maximum atomic E-state index is 10.4. The second-order valence-electron chi connectivity index (χ2n) is 1.48. The van der Waals surface area contributed by atoms with E-state index in [1.807, 2.05) is 0 Å². The zero-order chi connectivity index (χ0) is 7.11. The molecule has 0 aromatic rings. The standard InChI is InChI=1S/C6H11NO2/c1-3-6(8)9-5-4-7-2/h4H,3,5H2,1-2H3. The highest BCUT2D eigenvalue weighted by molar-refractivity contribution is 5.71. The molecule has 0 aliphatic carbocycles. The van der Waals surface area contributed by atoms with Crippen LogP contribution in [0.1, 0.15) is 13.3 Å². The highest BCUT2D eigenvalue weighted by Gasteiger charge is 1.92. The Hall–Kier alpha value is -0.860. The molecule has 0 saturated carbocycles. The van der Waals surface area contributed by atoms with E-state index in [1.54, 1.807) is 20.2 Å². The maximum absolute atomic E-state index is 10.4. The lowest BCUT2D eigenvalue weighted by molar-refractivity contribution is -0.141. The monoisotopic (exact) mass is 129 g/mol. The number of hydrogen-bond donors (Lipinski definition) is 0. The highest BCUT2D eigenvalue weighted by Crippen LogP contribution is 1.80. The van der Waals surface area contributed by atoms with Crippen molar-refractivity contribution in [2.45, 2.75) is 13.3 Å². The Kier molecular flexibility index (Phi) is 4.78. The van der Waals surface area contributed by atoms with Crippen molar-refractivity contribution < 1.29 is 9.53 Å². The minimum atomic E-state index is -0.185. The third kappa shape index (κ3) is 5.00. The molecule has 0 fully saturated rings. The van der Waals surface area contributed by atoms with Crippen molar-refractivity contribution in [3.05, 3.63) is 0 Å².